The summed E-state index contributed by atoms with van der Waals surface area (Å²) in [5, 5.41) is 2.93. The molecular weight excluding hydrogens is 379 g/mol. The van der Waals surface area contributed by atoms with Gasteiger partial charge in [-0.3, -0.25) is 4.79 Å². The van der Waals surface area contributed by atoms with Crippen molar-refractivity contribution in [3.8, 4) is 0 Å². The summed E-state index contributed by atoms with van der Waals surface area (Å²) >= 11 is 5.88. The highest BCUT2D eigenvalue weighted by Gasteiger charge is 2.32. The van der Waals surface area contributed by atoms with Crippen molar-refractivity contribution >= 4 is 33.2 Å². The maximum absolute atomic E-state index is 13.6. The lowest BCUT2D eigenvalue weighted by Gasteiger charge is -2.30. The summed E-state index contributed by atoms with van der Waals surface area (Å²) in [6.45, 7) is 0.453. The molecule has 3 rings (SSSR count). The van der Waals surface area contributed by atoms with Gasteiger partial charge in [-0.05, 0) is 43.2 Å². The largest absolute Gasteiger partial charge is 0.323 e. The fraction of sp³-hybridized carbons (Fsp3) is 0.278. The van der Waals surface area contributed by atoms with Crippen molar-refractivity contribution < 1.29 is 17.6 Å². The van der Waals surface area contributed by atoms with Gasteiger partial charge in [0.25, 0.3) is 0 Å². The molecule has 0 aliphatic carbocycles. The molecule has 1 aliphatic rings. The van der Waals surface area contributed by atoms with Crippen LogP contribution in [0.4, 0.5) is 10.1 Å². The molecule has 0 bridgehead atoms. The lowest BCUT2D eigenvalue weighted by atomic mass is 9.97. The number of benzene rings is 2. The Balaban J connectivity index is 1.64. The van der Waals surface area contributed by atoms with Gasteiger partial charge in [0.2, 0.25) is 15.9 Å². The lowest BCUT2D eigenvalue weighted by molar-refractivity contribution is -0.120. The topological polar surface area (TPSA) is 66.5 Å². The van der Waals surface area contributed by atoms with E-state index in [1.165, 1.54) is 28.6 Å². The normalized spacial score (nSPS) is 16.4. The highest BCUT2D eigenvalue weighted by Crippen LogP contribution is 2.26. The number of rotatable bonds is 4. The zero-order valence-corrected chi connectivity index (χ0v) is 15.4. The number of anilines is 1. The van der Waals surface area contributed by atoms with E-state index in [0.717, 1.165) is 0 Å². The smallest absolute Gasteiger partial charge is 0.243 e. The van der Waals surface area contributed by atoms with Crippen molar-refractivity contribution in [2.75, 3.05) is 18.4 Å². The Kier molecular flexibility index (Phi) is 5.60. The van der Waals surface area contributed by atoms with Crippen LogP contribution >= 0.6 is 11.6 Å². The summed E-state index contributed by atoms with van der Waals surface area (Å²) in [7, 11) is -3.64. The van der Waals surface area contributed by atoms with Gasteiger partial charge in [0, 0.05) is 24.0 Å². The zero-order valence-electron chi connectivity index (χ0n) is 13.9. The molecule has 0 atom stereocenters. The lowest BCUT2D eigenvalue weighted by Crippen LogP contribution is -2.41. The van der Waals surface area contributed by atoms with E-state index in [0.29, 0.717) is 17.9 Å². The highest BCUT2D eigenvalue weighted by molar-refractivity contribution is 7.89. The molecule has 138 valence electrons. The molecule has 0 unspecified atom stereocenters. The first-order valence-corrected chi connectivity index (χ1v) is 10.0. The fourth-order valence-corrected chi connectivity index (χ4v) is 4.70. The first kappa shape index (κ1) is 18.8. The average molecular weight is 397 g/mol. The molecule has 0 radical (unpaired) electrons. The molecule has 0 saturated carbocycles. The minimum absolute atomic E-state index is 0.131. The minimum atomic E-state index is -3.64. The Morgan fingerprint density at radius 2 is 1.81 bits per heavy atom. The van der Waals surface area contributed by atoms with Crippen molar-refractivity contribution in [1.82, 2.24) is 4.31 Å². The van der Waals surface area contributed by atoms with Crippen LogP contribution in [-0.2, 0) is 14.8 Å². The van der Waals surface area contributed by atoms with Gasteiger partial charge in [-0.25, -0.2) is 12.8 Å². The van der Waals surface area contributed by atoms with Gasteiger partial charge >= 0.3 is 0 Å². The molecule has 2 aromatic carbocycles. The fourth-order valence-electron chi connectivity index (χ4n) is 2.93. The third kappa shape index (κ3) is 4.06. The number of nitrogens with zero attached hydrogens (tertiary/aromatic N) is 1. The van der Waals surface area contributed by atoms with Gasteiger partial charge < -0.3 is 5.32 Å². The van der Waals surface area contributed by atoms with Gasteiger partial charge in [0.15, 0.2) is 0 Å². The van der Waals surface area contributed by atoms with Crippen LogP contribution in [-0.4, -0.2) is 31.7 Å². The summed E-state index contributed by atoms with van der Waals surface area (Å²) in [5.74, 6) is -1.16. The number of hydrogen-bond donors (Lipinski definition) is 1. The number of sulfonamides is 1. The zero-order chi connectivity index (χ0) is 18.7. The van der Waals surface area contributed by atoms with Crippen LogP contribution in [0.15, 0.2) is 53.4 Å². The van der Waals surface area contributed by atoms with Crippen molar-refractivity contribution in [2.45, 2.75) is 17.7 Å². The van der Waals surface area contributed by atoms with Gasteiger partial charge in [0.1, 0.15) is 5.82 Å². The van der Waals surface area contributed by atoms with Crippen LogP contribution in [0.25, 0.3) is 0 Å². The molecule has 1 N–H and O–H groups in total. The molecule has 1 heterocycles. The quantitative estimate of drug-likeness (QED) is 0.859. The Bertz CT molecular complexity index is 912. The van der Waals surface area contributed by atoms with E-state index in [4.69, 9.17) is 11.6 Å². The summed E-state index contributed by atoms with van der Waals surface area (Å²) in [6, 6.07) is 12.1. The summed E-state index contributed by atoms with van der Waals surface area (Å²) < 4.78 is 40.3. The molecule has 1 fully saturated rings. The number of carbonyl (C=O) groups is 1. The van der Waals surface area contributed by atoms with Crippen LogP contribution in [0, 0.1) is 11.7 Å². The van der Waals surface area contributed by atoms with Crippen molar-refractivity contribution in [2.24, 2.45) is 5.92 Å². The third-order valence-corrected chi connectivity index (χ3v) is 6.52. The van der Waals surface area contributed by atoms with Gasteiger partial charge in [-0.1, -0.05) is 29.8 Å². The molecule has 0 aromatic heterocycles. The molecule has 1 amide bonds. The average Bonchev–Trinajstić information content (AvgIpc) is 2.63. The molecule has 0 spiro atoms. The van der Waals surface area contributed by atoms with Crippen LogP contribution in [0.2, 0.25) is 5.02 Å². The number of nitrogens with one attached hydrogen (secondary N) is 1. The molecule has 1 saturated heterocycles. The Hall–Kier alpha value is -1.96. The second kappa shape index (κ2) is 7.73. The van der Waals surface area contributed by atoms with Gasteiger partial charge in [-0.15, -0.1) is 0 Å². The molecular formula is C18H18ClFN2O3S. The van der Waals surface area contributed by atoms with E-state index in [-0.39, 0.29) is 35.5 Å². The molecule has 8 heteroatoms. The van der Waals surface area contributed by atoms with Crippen LogP contribution in [0.5, 0.6) is 0 Å². The number of piperidine rings is 1. The van der Waals surface area contributed by atoms with E-state index < -0.39 is 15.8 Å². The van der Waals surface area contributed by atoms with Crippen molar-refractivity contribution in [3.05, 3.63) is 59.4 Å². The van der Waals surface area contributed by atoms with E-state index in [1.54, 1.807) is 24.3 Å². The van der Waals surface area contributed by atoms with Crippen LogP contribution in [0.1, 0.15) is 12.8 Å². The number of carbonyl (C=O) groups excluding carboxylic acids is 1. The van der Waals surface area contributed by atoms with Crippen molar-refractivity contribution in [1.29, 1.82) is 0 Å². The predicted octanol–water partition coefficient (Wildman–Crippen LogP) is 3.52. The second-order valence-corrected chi connectivity index (χ2v) is 8.48. The molecule has 5 nitrogen and oxygen atoms in total. The minimum Gasteiger partial charge on any atom is -0.323 e. The molecule has 2 aromatic rings. The molecule has 26 heavy (non-hydrogen) atoms. The van der Waals surface area contributed by atoms with E-state index in [2.05, 4.69) is 5.32 Å². The standard InChI is InChI=1S/C18H18ClFN2O3S/c19-14-4-3-5-15(12-14)26(24,25)22-10-8-13(9-11-22)18(23)21-17-7-2-1-6-16(17)20/h1-7,12-13H,8-11H2,(H,21,23). The Labute approximate surface area is 156 Å². The SMILES string of the molecule is O=C(Nc1ccccc1F)C1CCN(S(=O)(=O)c2cccc(Cl)c2)CC1. The number of halogens is 2. The monoisotopic (exact) mass is 396 g/mol. The predicted molar refractivity (Wildman–Crippen MR) is 98.0 cm³/mol. The van der Waals surface area contributed by atoms with E-state index >= 15 is 0 Å². The van der Waals surface area contributed by atoms with E-state index in [1.807, 2.05) is 0 Å². The summed E-state index contributed by atoms with van der Waals surface area (Å²) in [6.07, 6.45) is 0.750. The summed E-state index contributed by atoms with van der Waals surface area (Å²) in [5.41, 5.74) is 0.131. The number of para-hydroxylation sites is 1. The number of amides is 1. The van der Waals surface area contributed by atoms with E-state index in [9.17, 15) is 17.6 Å². The number of hydrogen-bond acceptors (Lipinski definition) is 3. The first-order valence-electron chi connectivity index (χ1n) is 8.19. The van der Waals surface area contributed by atoms with Gasteiger partial charge in [0.05, 0.1) is 10.6 Å². The highest BCUT2D eigenvalue weighted by atomic mass is 35.5. The Morgan fingerprint density at radius 3 is 2.46 bits per heavy atom. The second-order valence-electron chi connectivity index (χ2n) is 6.10. The van der Waals surface area contributed by atoms with Gasteiger partial charge in [-0.2, -0.15) is 4.31 Å². The maximum atomic E-state index is 13.6. The Morgan fingerprint density at radius 1 is 1.12 bits per heavy atom. The van der Waals surface area contributed by atoms with Crippen molar-refractivity contribution in [3.63, 3.8) is 0 Å². The first-order chi connectivity index (χ1) is 12.4. The van der Waals surface area contributed by atoms with Crippen LogP contribution < -0.4 is 5.32 Å². The summed E-state index contributed by atoms with van der Waals surface area (Å²) in [4.78, 5) is 12.5. The van der Waals surface area contributed by atoms with Crippen LogP contribution in [0.3, 0.4) is 0 Å². The molecule has 1 aliphatic heterocycles. The maximum Gasteiger partial charge on any atom is 0.243 e. The third-order valence-electron chi connectivity index (χ3n) is 4.39.